The Bertz CT molecular complexity index is 1110. The van der Waals surface area contributed by atoms with Crippen LogP contribution in [0, 0.1) is 23.7 Å². The predicted octanol–water partition coefficient (Wildman–Crippen LogP) is 3.34. The summed E-state index contributed by atoms with van der Waals surface area (Å²) in [6.07, 6.45) is 3.54. The first-order chi connectivity index (χ1) is 15.1. The number of hydrogen-bond acceptors (Lipinski definition) is 7. The van der Waals surface area contributed by atoms with Crippen LogP contribution < -0.4 is 10.9 Å². The van der Waals surface area contributed by atoms with Crippen molar-refractivity contribution in [3.63, 3.8) is 0 Å². The third kappa shape index (κ3) is 4.02. The number of fused-ring (bicyclic) bond motifs is 2. The summed E-state index contributed by atoms with van der Waals surface area (Å²) in [7, 11) is 0. The van der Waals surface area contributed by atoms with E-state index in [1.165, 1.54) is 0 Å². The van der Waals surface area contributed by atoms with Crippen molar-refractivity contribution in [2.24, 2.45) is 23.7 Å². The van der Waals surface area contributed by atoms with Crippen LogP contribution in [0.3, 0.4) is 0 Å². The molecule has 5 rings (SSSR count). The number of carbonyl (C=O) groups is 1. The Morgan fingerprint density at radius 2 is 1.97 bits per heavy atom. The molecule has 3 aliphatic rings. The average Bonchev–Trinajstić information content (AvgIpc) is 3.62. The normalized spacial score (nSPS) is 25.5. The highest BCUT2D eigenvalue weighted by Crippen LogP contribution is 2.51. The van der Waals surface area contributed by atoms with Crippen molar-refractivity contribution >= 4 is 34.7 Å². The molecule has 2 unspecified atom stereocenters. The van der Waals surface area contributed by atoms with Gasteiger partial charge in [-0.3, -0.25) is 9.36 Å². The van der Waals surface area contributed by atoms with Crippen molar-refractivity contribution in [2.45, 2.75) is 52.2 Å². The summed E-state index contributed by atoms with van der Waals surface area (Å²) in [6.45, 7) is 9.73. The second-order valence-corrected chi connectivity index (χ2v) is 10.7. The van der Waals surface area contributed by atoms with E-state index in [2.05, 4.69) is 27.2 Å². The van der Waals surface area contributed by atoms with E-state index in [1.54, 1.807) is 15.7 Å². The smallest absolute Gasteiger partial charge is 0.410 e. The predicted molar refractivity (Wildman–Crippen MR) is 121 cm³/mol. The molecule has 32 heavy (non-hydrogen) atoms. The number of aromatic nitrogens is 4. The van der Waals surface area contributed by atoms with E-state index in [0.717, 1.165) is 12.8 Å². The van der Waals surface area contributed by atoms with Crippen LogP contribution in [0.4, 0.5) is 10.6 Å². The van der Waals surface area contributed by atoms with Crippen LogP contribution in [0.2, 0.25) is 5.28 Å². The number of halogens is 1. The molecule has 3 heterocycles. The minimum atomic E-state index is -0.488. The van der Waals surface area contributed by atoms with E-state index in [0.29, 0.717) is 60.3 Å². The Hall–Kier alpha value is -2.42. The molecule has 10 heteroatoms. The van der Waals surface area contributed by atoms with Crippen molar-refractivity contribution in [1.29, 1.82) is 0 Å². The zero-order valence-corrected chi connectivity index (χ0v) is 19.6. The summed E-state index contributed by atoms with van der Waals surface area (Å²) in [5.74, 6) is 2.09. The van der Waals surface area contributed by atoms with Gasteiger partial charge in [-0.15, -0.1) is 0 Å². The molecule has 4 atom stereocenters. The molecule has 0 aromatic carbocycles. The van der Waals surface area contributed by atoms with Gasteiger partial charge in [-0.25, -0.2) is 14.8 Å². The maximum atomic E-state index is 13.3. The molecule has 2 aromatic heterocycles. The third-order valence-electron chi connectivity index (χ3n) is 6.84. The molecule has 1 N–H and O–H groups in total. The summed E-state index contributed by atoms with van der Waals surface area (Å²) in [4.78, 5) is 40.2. The highest BCUT2D eigenvalue weighted by Gasteiger charge is 2.56. The van der Waals surface area contributed by atoms with E-state index < -0.39 is 5.60 Å². The van der Waals surface area contributed by atoms with Gasteiger partial charge in [0, 0.05) is 25.7 Å². The van der Waals surface area contributed by atoms with Gasteiger partial charge in [0.15, 0.2) is 11.5 Å². The van der Waals surface area contributed by atoms with Crippen LogP contribution in [0.5, 0.6) is 0 Å². The van der Waals surface area contributed by atoms with Crippen LogP contribution in [-0.4, -0.2) is 55.7 Å². The van der Waals surface area contributed by atoms with Gasteiger partial charge in [-0.1, -0.05) is 0 Å². The molecular formula is C22H29ClN6O3. The van der Waals surface area contributed by atoms with E-state index >= 15 is 0 Å². The topological polar surface area (TPSA) is 102 Å². The number of anilines is 1. The van der Waals surface area contributed by atoms with Crippen molar-refractivity contribution in [2.75, 3.05) is 25.0 Å². The second kappa shape index (κ2) is 7.57. The maximum Gasteiger partial charge on any atom is 0.410 e. The minimum Gasteiger partial charge on any atom is -0.444 e. The minimum absolute atomic E-state index is 0.0298. The molecule has 0 radical (unpaired) electrons. The molecule has 0 bridgehead atoms. The van der Waals surface area contributed by atoms with E-state index in [9.17, 15) is 9.59 Å². The highest BCUT2D eigenvalue weighted by molar-refractivity contribution is 6.28. The van der Waals surface area contributed by atoms with Crippen LogP contribution in [0.1, 0.15) is 46.6 Å². The number of carbonyl (C=O) groups excluding carboxylic acids is 1. The molecule has 1 amide bonds. The molecular weight excluding hydrogens is 432 g/mol. The van der Waals surface area contributed by atoms with E-state index in [-0.39, 0.29) is 23.0 Å². The Morgan fingerprint density at radius 3 is 2.59 bits per heavy atom. The molecule has 9 nitrogen and oxygen atoms in total. The molecule has 1 saturated heterocycles. The fraction of sp³-hybridized carbons (Fsp3) is 0.682. The van der Waals surface area contributed by atoms with Gasteiger partial charge in [-0.2, -0.15) is 4.98 Å². The number of nitrogens with zero attached hydrogens (tertiary/aromatic N) is 5. The number of likely N-dealkylation sites (tertiary alicyclic amines) is 1. The quantitative estimate of drug-likeness (QED) is 0.682. The lowest BCUT2D eigenvalue weighted by Crippen LogP contribution is -2.37. The zero-order chi connectivity index (χ0) is 22.8. The first-order valence-corrected chi connectivity index (χ1v) is 11.7. The van der Waals surface area contributed by atoms with E-state index in [1.807, 2.05) is 20.8 Å². The highest BCUT2D eigenvalue weighted by atomic mass is 35.5. The number of ether oxygens (including phenoxy) is 1. The lowest BCUT2D eigenvalue weighted by atomic mass is 10.2. The fourth-order valence-corrected chi connectivity index (χ4v) is 5.03. The van der Waals surface area contributed by atoms with Crippen LogP contribution in [0.15, 0.2) is 11.0 Å². The molecule has 2 saturated carbocycles. The van der Waals surface area contributed by atoms with Crippen LogP contribution in [-0.2, 0) is 4.74 Å². The SMILES string of the molecule is C[C@@H](C1CC1)n1c(=O)c(NCC2C3CN(C(=O)OC(C)(C)C)C[C@H]23)nc2cnc(Cl)nc21. The molecule has 3 fully saturated rings. The van der Waals surface area contributed by atoms with Crippen LogP contribution in [0.25, 0.3) is 11.2 Å². The fourth-order valence-electron chi connectivity index (χ4n) is 4.91. The zero-order valence-electron chi connectivity index (χ0n) is 18.8. The average molecular weight is 461 g/mol. The summed E-state index contributed by atoms with van der Waals surface area (Å²) in [5, 5.41) is 3.39. The summed E-state index contributed by atoms with van der Waals surface area (Å²) < 4.78 is 7.19. The number of nitrogens with one attached hydrogen (secondary N) is 1. The third-order valence-corrected chi connectivity index (χ3v) is 7.02. The van der Waals surface area contributed by atoms with Gasteiger partial charge >= 0.3 is 6.09 Å². The maximum absolute atomic E-state index is 13.3. The second-order valence-electron chi connectivity index (χ2n) is 10.3. The molecule has 172 valence electrons. The van der Waals surface area contributed by atoms with Crippen molar-refractivity contribution in [1.82, 2.24) is 24.4 Å². The monoisotopic (exact) mass is 460 g/mol. The number of hydrogen-bond donors (Lipinski definition) is 1. The molecule has 2 aliphatic carbocycles. The van der Waals surface area contributed by atoms with Crippen LogP contribution >= 0.6 is 11.6 Å². The van der Waals surface area contributed by atoms with E-state index in [4.69, 9.17) is 16.3 Å². The first kappa shape index (κ1) is 21.4. The number of piperidine rings is 1. The molecule has 0 spiro atoms. The molecule has 1 aliphatic heterocycles. The Morgan fingerprint density at radius 1 is 1.28 bits per heavy atom. The van der Waals surface area contributed by atoms with Crippen molar-refractivity contribution in [3.05, 3.63) is 21.8 Å². The lowest BCUT2D eigenvalue weighted by Gasteiger charge is -2.26. The van der Waals surface area contributed by atoms with Gasteiger partial charge in [-0.05, 0) is 75.8 Å². The Balaban J connectivity index is 1.28. The van der Waals surface area contributed by atoms with Crippen molar-refractivity contribution < 1.29 is 9.53 Å². The Labute approximate surface area is 191 Å². The van der Waals surface area contributed by atoms with Crippen molar-refractivity contribution in [3.8, 4) is 0 Å². The van der Waals surface area contributed by atoms with Gasteiger partial charge in [0.2, 0.25) is 5.28 Å². The lowest BCUT2D eigenvalue weighted by molar-refractivity contribution is 0.0266. The van der Waals surface area contributed by atoms with Gasteiger partial charge in [0.1, 0.15) is 11.1 Å². The standard InChI is InChI=1S/C22H29ClN6O3/c1-11(12-5-6-12)29-18-16(8-25-20(23)27-18)26-17(19(29)30)24-7-13-14-9-28(10-15(13)14)21(31)32-22(2,3)4/h8,11-15H,5-7,9-10H2,1-4H3,(H,24,26)/t11-,13?,14+,15?/m0/s1. The largest absolute Gasteiger partial charge is 0.444 e. The first-order valence-electron chi connectivity index (χ1n) is 11.3. The number of amides is 1. The molecule has 2 aromatic rings. The Kier molecular flexibility index (Phi) is 5.07. The summed E-state index contributed by atoms with van der Waals surface area (Å²) in [5.41, 5.74) is 0.373. The van der Waals surface area contributed by atoms with Gasteiger partial charge in [0.05, 0.1) is 6.20 Å². The summed E-state index contributed by atoms with van der Waals surface area (Å²) >= 11 is 6.00. The van der Waals surface area contributed by atoms with Gasteiger partial charge < -0.3 is 15.0 Å². The summed E-state index contributed by atoms with van der Waals surface area (Å²) in [6, 6.07) is 0.0298. The van der Waals surface area contributed by atoms with Gasteiger partial charge in [0.25, 0.3) is 5.56 Å². The number of rotatable bonds is 5.